The smallest absolute Gasteiger partial charge is 0.408 e. The molecular weight excluding hydrogens is 562 g/mol. The maximum atomic E-state index is 14.4. The molecule has 2 aromatic carbocycles. The third-order valence-corrected chi connectivity index (χ3v) is 7.38. The highest BCUT2D eigenvalue weighted by Crippen LogP contribution is 2.29. The van der Waals surface area contributed by atoms with E-state index in [9.17, 15) is 9.59 Å². The molecule has 13 heteroatoms. The van der Waals surface area contributed by atoms with Crippen LogP contribution in [0.1, 0.15) is 39.3 Å². The lowest BCUT2D eigenvalue weighted by Gasteiger charge is -2.31. The van der Waals surface area contributed by atoms with Gasteiger partial charge >= 0.3 is 6.09 Å². The van der Waals surface area contributed by atoms with E-state index in [2.05, 4.69) is 40.1 Å². The number of carbonyl (C=O) groups is 2. The molecule has 4 heterocycles. The molecule has 0 radical (unpaired) electrons. The maximum Gasteiger partial charge on any atom is 0.408 e. The van der Waals surface area contributed by atoms with Gasteiger partial charge in [-0.2, -0.15) is 5.06 Å². The Bertz CT molecular complexity index is 1750. The molecule has 5 aromatic rings. The Balaban J connectivity index is 1.30. The molecule has 3 N–H and O–H groups in total. The lowest BCUT2D eigenvalue weighted by Crippen LogP contribution is -2.51. The van der Waals surface area contributed by atoms with Crippen LogP contribution in [0.5, 0.6) is 0 Å². The third kappa shape index (κ3) is 6.47. The largest absolute Gasteiger partial charge is 0.444 e. The number of carbonyl (C=O) groups excluding carboxylic acids is 2. The van der Waals surface area contributed by atoms with Crippen LogP contribution in [0.4, 0.5) is 16.3 Å². The molecule has 0 bridgehead atoms. The number of anilines is 2. The predicted octanol–water partition coefficient (Wildman–Crippen LogP) is 4.30. The molecule has 0 saturated carbocycles. The van der Waals surface area contributed by atoms with Crippen molar-refractivity contribution in [2.24, 2.45) is 0 Å². The van der Waals surface area contributed by atoms with Crippen molar-refractivity contribution in [1.82, 2.24) is 35.2 Å². The standard InChI is InChI=1S/C31H35N9O4/c1-31(2,3)44-30(42)38-25(14-22-15-32-17-33-22)29(41)40(23-11-10-20-7-4-5-8-21(20)13-23)43-16-24-9-6-12-39(24)28-26-27(35-18-34-26)36-19-37-28/h4-5,7-8,10-11,13,15,17-19,24-25H,6,9,12,14,16H2,1-3H3,(H,32,33)(H,38,42)(H,34,35,36,37). The quantitative estimate of drug-likeness (QED) is 0.211. The first-order chi connectivity index (χ1) is 21.2. The highest BCUT2D eigenvalue weighted by atomic mass is 16.7. The van der Waals surface area contributed by atoms with E-state index >= 15 is 0 Å². The van der Waals surface area contributed by atoms with E-state index in [1.807, 2.05) is 42.5 Å². The number of hydrogen-bond acceptors (Lipinski definition) is 9. The molecule has 2 unspecified atom stereocenters. The molecule has 6 rings (SSSR count). The van der Waals surface area contributed by atoms with Gasteiger partial charge in [0.2, 0.25) is 0 Å². The second kappa shape index (κ2) is 12.3. The Kier molecular flexibility index (Phi) is 8.11. The van der Waals surface area contributed by atoms with Crippen molar-refractivity contribution in [3.8, 4) is 0 Å². The summed E-state index contributed by atoms with van der Waals surface area (Å²) < 4.78 is 5.50. The van der Waals surface area contributed by atoms with Gasteiger partial charge in [0, 0.05) is 24.9 Å². The second-order valence-corrected chi connectivity index (χ2v) is 11.7. The molecule has 1 aliphatic heterocycles. The molecule has 0 aliphatic carbocycles. The number of nitrogens with one attached hydrogen (secondary N) is 3. The summed E-state index contributed by atoms with van der Waals surface area (Å²) >= 11 is 0. The number of hydroxylamine groups is 1. The van der Waals surface area contributed by atoms with Crippen LogP contribution in [0.15, 0.2) is 67.6 Å². The number of ether oxygens (including phenoxy) is 1. The van der Waals surface area contributed by atoms with Crippen molar-refractivity contribution in [2.75, 3.05) is 23.1 Å². The molecule has 0 spiro atoms. The van der Waals surface area contributed by atoms with E-state index in [1.165, 1.54) is 17.7 Å². The minimum absolute atomic E-state index is 0.0722. The summed E-state index contributed by atoms with van der Waals surface area (Å²) in [5.41, 5.74) is 1.81. The predicted molar refractivity (Wildman–Crippen MR) is 165 cm³/mol. The van der Waals surface area contributed by atoms with E-state index in [0.29, 0.717) is 17.0 Å². The third-order valence-electron chi connectivity index (χ3n) is 7.38. The summed E-state index contributed by atoms with van der Waals surface area (Å²) in [4.78, 5) is 59.1. The molecule has 2 amide bonds. The van der Waals surface area contributed by atoms with E-state index in [-0.39, 0.29) is 19.1 Å². The SMILES string of the molecule is CC(C)(C)OC(=O)NC(Cc1cnc[nH]1)C(=O)N(OCC1CCCN1c1ncnc2nc[nH]c12)c1ccc2ccccc2c1. The molecule has 44 heavy (non-hydrogen) atoms. The summed E-state index contributed by atoms with van der Waals surface area (Å²) in [6.07, 6.45) is 7.47. The molecule has 2 atom stereocenters. The van der Waals surface area contributed by atoms with Gasteiger partial charge in [0.15, 0.2) is 11.5 Å². The molecule has 1 aliphatic rings. The fourth-order valence-corrected chi connectivity index (χ4v) is 5.39. The van der Waals surface area contributed by atoms with Crippen LogP contribution < -0.4 is 15.3 Å². The Morgan fingerprint density at radius 3 is 2.73 bits per heavy atom. The van der Waals surface area contributed by atoms with E-state index < -0.39 is 23.6 Å². The summed E-state index contributed by atoms with van der Waals surface area (Å²) in [5, 5.41) is 6.02. The van der Waals surface area contributed by atoms with Crippen LogP contribution in [0, 0.1) is 0 Å². The van der Waals surface area contributed by atoms with Crippen LogP contribution in [0.2, 0.25) is 0 Å². The van der Waals surface area contributed by atoms with Gasteiger partial charge in [0.1, 0.15) is 23.5 Å². The van der Waals surface area contributed by atoms with Gasteiger partial charge < -0.3 is 24.9 Å². The number of hydrogen-bond donors (Lipinski definition) is 3. The Labute approximate surface area is 254 Å². The Hall–Kier alpha value is -5.04. The van der Waals surface area contributed by atoms with Gasteiger partial charge in [-0.1, -0.05) is 30.3 Å². The Morgan fingerprint density at radius 2 is 1.93 bits per heavy atom. The minimum Gasteiger partial charge on any atom is -0.444 e. The van der Waals surface area contributed by atoms with Crippen molar-refractivity contribution in [3.05, 3.63) is 73.3 Å². The van der Waals surface area contributed by atoms with Crippen LogP contribution in [-0.2, 0) is 20.8 Å². The van der Waals surface area contributed by atoms with E-state index in [4.69, 9.17) is 9.57 Å². The molecule has 1 fully saturated rings. The monoisotopic (exact) mass is 597 g/mol. The lowest BCUT2D eigenvalue weighted by molar-refractivity contribution is -0.128. The fourth-order valence-electron chi connectivity index (χ4n) is 5.39. The van der Waals surface area contributed by atoms with E-state index in [0.717, 1.165) is 41.5 Å². The first-order valence-electron chi connectivity index (χ1n) is 14.6. The first kappa shape index (κ1) is 29.1. The number of H-pyrrole nitrogens is 2. The van der Waals surface area contributed by atoms with Gasteiger partial charge in [-0.15, -0.1) is 0 Å². The number of amides is 2. The molecule has 3 aromatic heterocycles. The summed E-state index contributed by atoms with van der Waals surface area (Å²) in [6.45, 7) is 6.27. The normalized spacial score (nSPS) is 15.9. The Morgan fingerprint density at radius 1 is 1.09 bits per heavy atom. The number of benzene rings is 2. The average Bonchev–Trinajstić information content (AvgIpc) is 3.78. The van der Waals surface area contributed by atoms with Crippen molar-refractivity contribution in [2.45, 2.75) is 57.7 Å². The van der Waals surface area contributed by atoms with Crippen LogP contribution in [0.25, 0.3) is 21.9 Å². The van der Waals surface area contributed by atoms with Gasteiger partial charge in [0.25, 0.3) is 5.91 Å². The van der Waals surface area contributed by atoms with Crippen LogP contribution in [-0.4, -0.2) is 72.7 Å². The highest BCUT2D eigenvalue weighted by Gasteiger charge is 2.33. The minimum atomic E-state index is -1.01. The topological polar surface area (TPSA) is 154 Å². The van der Waals surface area contributed by atoms with Crippen molar-refractivity contribution in [1.29, 1.82) is 0 Å². The van der Waals surface area contributed by atoms with Gasteiger partial charge in [0.05, 0.1) is 31.0 Å². The molecule has 228 valence electrons. The molecule has 1 saturated heterocycles. The zero-order valence-corrected chi connectivity index (χ0v) is 24.9. The fraction of sp³-hybridized carbons (Fsp3) is 0.355. The number of alkyl carbamates (subject to hydrolysis) is 1. The van der Waals surface area contributed by atoms with Crippen LogP contribution >= 0.6 is 0 Å². The number of aromatic nitrogens is 6. The van der Waals surface area contributed by atoms with Crippen LogP contribution in [0.3, 0.4) is 0 Å². The second-order valence-electron chi connectivity index (χ2n) is 11.7. The first-order valence-corrected chi connectivity index (χ1v) is 14.6. The van der Waals surface area contributed by atoms with Crippen molar-refractivity contribution >= 4 is 45.4 Å². The lowest BCUT2D eigenvalue weighted by atomic mass is 10.1. The summed E-state index contributed by atoms with van der Waals surface area (Å²) in [6, 6.07) is 12.5. The van der Waals surface area contributed by atoms with Crippen molar-refractivity contribution in [3.63, 3.8) is 0 Å². The zero-order chi connectivity index (χ0) is 30.7. The maximum absolute atomic E-state index is 14.4. The van der Waals surface area contributed by atoms with Gasteiger partial charge in [-0.05, 0) is 56.5 Å². The highest BCUT2D eigenvalue weighted by molar-refractivity contribution is 5.99. The van der Waals surface area contributed by atoms with Gasteiger partial charge in [-0.25, -0.2) is 24.7 Å². The number of rotatable bonds is 9. The number of imidazole rings is 2. The van der Waals surface area contributed by atoms with Gasteiger partial charge in [-0.3, -0.25) is 9.63 Å². The molecule has 13 nitrogen and oxygen atoms in total. The van der Waals surface area contributed by atoms with E-state index in [1.54, 1.807) is 33.3 Å². The number of aromatic amines is 2. The average molecular weight is 598 g/mol. The number of fused-ring (bicyclic) bond motifs is 2. The number of nitrogens with zero attached hydrogens (tertiary/aromatic N) is 6. The summed E-state index contributed by atoms with van der Waals surface area (Å²) in [7, 11) is 0. The zero-order valence-electron chi connectivity index (χ0n) is 24.9. The molecular formula is C31H35N9O4. The summed E-state index contributed by atoms with van der Waals surface area (Å²) in [5.74, 6) is 0.286. The van der Waals surface area contributed by atoms with Crippen molar-refractivity contribution < 1.29 is 19.2 Å².